The third-order valence-corrected chi connectivity index (χ3v) is 5.91. The number of anilines is 1. The van der Waals surface area contributed by atoms with Gasteiger partial charge in [0.1, 0.15) is 29.7 Å². The number of aryl methyl sites for hydroxylation is 1. The Morgan fingerprint density at radius 3 is 2.35 bits per heavy atom. The van der Waals surface area contributed by atoms with E-state index in [0.29, 0.717) is 36.1 Å². The van der Waals surface area contributed by atoms with Gasteiger partial charge in [0, 0.05) is 35.3 Å². The number of nitrogens with one attached hydrogen (secondary N) is 1. The van der Waals surface area contributed by atoms with E-state index in [1.807, 2.05) is 12.1 Å². The van der Waals surface area contributed by atoms with Crippen molar-refractivity contribution >= 4 is 34.3 Å². The summed E-state index contributed by atoms with van der Waals surface area (Å²) < 4.78 is 21.9. The Balaban J connectivity index is 1.51. The van der Waals surface area contributed by atoms with Crippen LogP contribution in [0.1, 0.15) is 12.5 Å². The zero-order valence-electron chi connectivity index (χ0n) is 17.7. The number of carbonyl (C=O) groups is 1. The van der Waals surface area contributed by atoms with Crippen LogP contribution in [0.3, 0.4) is 0 Å². The lowest BCUT2D eigenvalue weighted by Gasteiger charge is -2.19. The average molecular weight is 441 g/mol. The number of amides is 1. The summed E-state index contributed by atoms with van der Waals surface area (Å²) in [6.07, 6.45) is 0.814. The maximum absolute atomic E-state index is 12.6. The molecule has 162 valence electrons. The van der Waals surface area contributed by atoms with Gasteiger partial charge in [0.2, 0.25) is 5.91 Å². The number of benzene rings is 2. The molecule has 0 spiro atoms. The van der Waals surface area contributed by atoms with E-state index >= 15 is 0 Å². The van der Waals surface area contributed by atoms with Crippen molar-refractivity contribution in [3.05, 3.63) is 42.0 Å². The lowest BCUT2D eigenvalue weighted by molar-refractivity contribution is -0.113. The molecule has 1 amide bonds. The van der Waals surface area contributed by atoms with Gasteiger partial charge >= 0.3 is 0 Å². The zero-order valence-corrected chi connectivity index (χ0v) is 18.5. The van der Waals surface area contributed by atoms with E-state index in [2.05, 4.69) is 18.3 Å². The fourth-order valence-electron chi connectivity index (χ4n) is 3.33. The standard InChI is InChI=1S/C23H24N2O5S/c1-4-14-7-15-8-20-21(30-6-5-29-20)12-19(15)25-23(14)31-13-22(26)24-16-9-17(27-2)11-18(10-16)28-3/h7-12H,4-6,13H2,1-3H3,(H,24,26). The molecule has 0 unspecified atom stereocenters. The number of ether oxygens (including phenoxy) is 4. The smallest absolute Gasteiger partial charge is 0.234 e. The van der Waals surface area contributed by atoms with Crippen molar-refractivity contribution < 1.29 is 23.7 Å². The first kappa shape index (κ1) is 21.1. The van der Waals surface area contributed by atoms with Crippen LogP contribution in [-0.4, -0.2) is 44.1 Å². The molecule has 2 aromatic carbocycles. The molecule has 2 heterocycles. The predicted molar refractivity (Wildman–Crippen MR) is 121 cm³/mol. The number of hydrogen-bond donors (Lipinski definition) is 1. The van der Waals surface area contributed by atoms with Gasteiger partial charge in [-0.05, 0) is 24.1 Å². The molecule has 0 bridgehead atoms. The summed E-state index contributed by atoms with van der Waals surface area (Å²) in [5.74, 6) is 2.77. The minimum Gasteiger partial charge on any atom is -0.497 e. The number of hydrogen-bond acceptors (Lipinski definition) is 7. The summed E-state index contributed by atoms with van der Waals surface area (Å²) in [6, 6.07) is 11.2. The molecule has 0 saturated heterocycles. The van der Waals surface area contributed by atoms with Crippen molar-refractivity contribution in [3.8, 4) is 23.0 Å². The third kappa shape index (κ3) is 4.80. The maximum Gasteiger partial charge on any atom is 0.234 e. The van der Waals surface area contributed by atoms with E-state index < -0.39 is 0 Å². The van der Waals surface area contributed by atoms with E-state index in [-0.39, 0.29) is 11.7 Å². The number of aromatic nitrogens is 1. The average Bonchev–Trinajstić information content (AvgIpc) is 2.80. The molecule has 1 aliphatic heterocycles. The monoisotopic (exact) mass is 440 g/mol. The number of pyridine rings is 1. The second-order valence-corrected chi connectivity index (χ2v) is 7.90. The molecule has 0 saturated carbocycles. The Kier molecular flexibility index (Phi) is 6.36. The molecule has 0 atom stereocenters. The predicted octanol–water partition coefficient (Wildman–Crippen LogP) is 4.32. The highest BCUT2D eigenvalue weighted by Crippen LogP contribution is 2.36. The fraction of sp³-hybridized carbons (Fsp3) is 0.304. The molecule has 1 aromatic heterocycles. The molecule has 4 rings (SSSR count). The number of methoxy groups -OCH3 is 2. The SMILES string of the molecule is CCc1cc2cc3c(cc2nc1SCC(=O)Nc1cc(OC)cc(OC)c1)OCCO3. The van der Waals surface area contributed by atoms with Crippen LogP contribution >= 0.6 is 11.8 Å². The summed E-state index contributed by atoms with van der Waals surface area (Å²) in [5, 5.41) is 4.73. The summed E-state index contributed by atoms with van der Waals surface area (Å²) >= 11 is 1.41. The van der Waals surface area contributed by atoms with Crippen molar-refractivity contribution in [2.75, 3.05) is 38.5 Å². The van der Waals surface area contributed by atoms with Crippen molar-refractivity contribution in [1.29, 1.82) is 0 Å². The quantitative estimate of drug-likeness (QED) is 0.548. The van der Waals surface area contributed by atoms with Crippen LogP contribution in [0.2, 0.25) is 0 Å². The summed E-state index contributed by atoms with van der Waals surface area (Å²) in [7, 11) is 3.14. The Hall–Kier alpha value is -3.13. The van der Waals surface area contributed by atoms with Gasteiger partial charge in [-0.15, -0.1) is 0 Å². The summed E-state index contributed by atoms with van der Waals surface area (Å²) in [5.41, 5.74) is 2.53. The van der Waals surface area contributed by atoms with Crippen molar-refractivity contribution in [1.82, 2.24) is 4.98 Å². The second kappa shape index (κ2) is 9.34. The molecular weight excluding hydrogens is 416 g/mol. The van der Waals surface area contributed by atoms with Gasteiger partial charge in [0.05, 0.1) is 25.5 Å². The van der Waals surface area contributed by atoms with Crippen LogP contribution in [0.15, 0.2) is 41.4 Å². The van der Waals surface area contributed by atoms with Gasteiger partial charge in [-0.2, -0.15) is 0 Å². The van der Waals surface area contributed by atoms with E-state index in [4.69, 9.17) is 23.9 Å². The highest BCUT2D eigenvalue weighted by atomic mass is 32.2. The Bertz CT molecular complexity index is 1100. The molecule has 0 aliphatic carbocycles. The van der Waals surface area contributed by atoms with Crippen LogP contribution in [0, 0.1) is 0 Å². The molecule has 3 aromatic rings. The highest BCUT2D eigenvalue weighted by Gasteiger charge is 2.16. The summed E-state index contributed by atoms with van der Waals surface area (Å²) in [6.45, 7) is 3.16. The number of rotatable bonds is 7. The van der Waals surface area contributed by atoms with Crippen LogP contribution in [0.5, 0.6) is 23.0 Å². The maximum atomic E-state index is 12.6. The van der Waals surface area contributed by atoms with Gasteiger partial charge in [0.25, 0.3) is 0 Å². The molecule has 8 heteroatoms. The molecule has 0 radical (unpaired) electrons. The topological polar surface area (TPSA) is 78.9 Å². The lowest BCUT2D eigenvalue weighted by Crippen LogP contribution is -2.15. The Morgan fingerprint density at radius 2 is 1.71 bits per heavy atom. The minimum atomic E-state index is -0.133. The first-order valence-electron chi connectivity index (χ1n) is 9.98. The second-order valence-electron chi connectivity index (χ2n) is 6.93. The van der Waals surface area contributed by atoms with Gasteiger partial charge in [-0.25, -0.2) is 4.98 Å². The first-order chi connectivity index (χ1) is 15.1. The van der Waals surface area contributed by atoms with E-state index in [9.17, 15) is 4.79 Å². The van der Waals surface area contributed by atoms with Crippen LogP contribution in [0.25, 0.3) is 10.9 Å². The Labute approximate surface area is 185 Å². The number of thioether (sulfide) groups is 1. The zero-order chi connectivity index (χ0) is 21.8. The molecule has 0 fully saturated rings. The first-order valence-corrected chi connectivity index (χ1v) is 11.0. The number of fused-ring (bicyclic) bond motifs is 2. The molecule has 1 aliphatic rings. The molecule has 7 nitrogen and oxygen atoms in total. The van der Waals surface area contributed by atoms with Gasteiger partial charge in [0.15, 0.2) is 11.5 Å². The minimum absolute atomic E-state index is 0.133. The lowest BCUT2D eigenvalue weighted by atomic mass is 10.1. The molecule has 1 N–H and O–H groups in total. The fourth-order valence-corrected chi connectivity index (χ4v) is 4.22. The largest absolute Gasteiger partial charge is 0.497 e. The van der Waals surface area contributed by atoms with Gasteiger partial charge in [-0.1, -0.05) is 18.7 Å². The van der Waals surface area contributed by atoms with E-state index in [1.54, 1.807) is 32.4 Å². The van der Waals surface area contributed by atoms with E-state index in [0.717, 1.165) is 33.7 Å². The van der Waals surface area contributed by atoms with Crippen LogP contribution in [0.4, 0.5) is 5.69 Å². The van der Waals surface area contributed by atoms with Crippen LogP contribution in [-0.2, 0) is 11.2 Å². The van der Waals surface area contributed by atoms with E-state index in [1.165, 1.54) is 11.8 Å². The van der Waals surface area contributed by atoms with Crippen LogP contribution < -0.4 is 24.3 Å². The third-order valence-electron chi connectivity index (χ3n) is 4.87. The normalized spacial score (nSPS) is 12.5. The van der Waals surface area contributed by atoms with Crippen molar-refractivity contribution in [2.24, 2.45) is 0 Å². The number of nitrogens with zero attached hydrogens (tertiary/aromatic N) is 1. The highest BCUT2D eigenvalue weighted by molar-refractivity contribution is 8.00. The number of carbonyl (C=O) groups excluding carboxylic acids is 1. The van der Waals surface area contributed by atoms with Gasteiger partial charge < -0.3 is 24.3 Å². The summed E-state index contributed by atoms with van der Waals surface area (Å²) in [4.78, 5) is 17.4. The van der Waals surface area contributed by atoms with Crippen molar-refractivity contribution in [3.63, 3.8) is 0 Å². The van der Waals surface area contributed by atoms with Gasteiger partial charge in [-0.3, -0.25) is 4.79 Å². The Morgan fingerprint density at radius 1 is 1.03 bits per heavy atom. The van der Waals surface area contributed by atoms with Crippen molar-refractivity contribution in [2.45, 2.75) is 18.4 Å². The molecule has 31 heavy (non-hydrogen) atoms. The molecular formula is C23H24N2O5S.